The van der Waals surface area contributed by atoms with Crippen LogP contribution < -0.4 is 4.74 Å². The maximum atomic E-state index is 12.9. The van der Waals surface area contributed by atoms with Crippen LogP contribution in [0, 0.1) is 0 Å². The van der Waals surface area contributed by atoms with E-state index in [-0.39, 0.29) is 5.78 Å². The number of ketones is 1. The van der Waals surface area contributed by atoms with Crippen molar-refractivity contribution >= 4 is 38.5 Å². The largest absolute Gasteiger partial charge is 0.493 e. The molecule has 25 heavy (non-hydrogen) atoms. The van der Waals surface area contributed by atoms with Crippen molar-refractivity contribution in [3.8, 4) is 16.9 Å². The summed E-state index contributed by atoms with van der Waals surface area (Å²) < 4.78 is 6.95. The minimum atomic E-state index is 0.0137. The summed E-state index contributed by atoms with van der Waals surface area (Å²) in [6, 6.07) is 18.0. The number of carbonyl (C=O) groups excluding carboxylic acids is 1. The summed E-state index contributed by atoms with van der Waals surface area (Å²) >= 11 is 3.18. The van der Waals surface area contributed by atoms with Gasteiger partial charge < -0.3 is 4.74 Å². The van der Waals surface area contributed by atoms with Crippen molar-refractivity contribution in [2.45, 2.75) is 6.92 Å². The van der Waals surface area contributed by atoms with Gasteiger partial charge in [-0.05, 0) is 47.5 Å². The van der Waals surface area contributed by atoms with Crippen molar-refractivity contribution in [3.05, 3.63) is 75.8 Å². The van der Waals surface area contributed by atoms with Crippen molar-refractivity contribution in [1.82, 2.24) is 0 Å². The number of ether oxygens (including phenoxy) is 1. The van der Waals surface area contributed by atoms with E-state index in [0.717, 1.165) is 16.0 Å². The summed E-state index contributed by atoms with van der Waals surface area (Å²) in [6.07, 6.45) is 0. The maximum Gasteiger partial charge on any atom is 0.206 e. The van der Waals surface area contributed by atoms with Crippen LogP contribution in [0.15, 0.2) is 65.4 Å². The first-order chi connectivity index (χ1) is 12.3. The van der Waals surface area contributed by atoms with Gasteiger partial charge in [-0.2, -0.15) is 0 Å². The van der Waals surface area contributed by atoms with Gasteiger partial charge in [0.05, 0.1) is 17.0 Å². The number of hydrogen-bond donors (Lipinski definition) is 0. The Kier molecular flexibility index (Phi) is 4.38. The minimum absolute atomic E-state index is 0.0137. The summed E-state index contributed by atoms with van der Waals surface area (Å²) in [4.78, 5) is 13.7. The highest BCUT2D eigenvalue weighted by Gasteiger charge is 2.18. The number of thiophene rings is 2. The average molecular weight is 364 g/mol. The Morgan fingerprint density at radius 3 is 2.72 bits per heavy atom. The second-order valence-electron chi connectivity index (χ2n) is 5.60. The zero-order valence-electron chi connectivity index (χ0n) is 13.7. The minimum Gasteiger partial charge on any atom is -0.493 e. The van der Waals surface area contributed by atoms with E-state index in [1.165, 1.54) is 21.4 Å². The molecule has 0 N–H and O–H groups in total. The van der Waals surface area contributed by atoms with E-state index in [9.17, 15) is 4.79 Å². The van der Waals surface area contributed by atoms with Crippen molar-refractivity contribution in [1.29, 1.82) is 0 Å². The standard InChI is InChI=1S/C21H16O2S2/c1-2-23-18-10-9-14(12-16(18)21(22)20-8-5-11-24-20)17-13-25-19-7-4-3-6-15(17)19/h3-13H,2H2,1H3. The predicted molar refractivity (Wildman–Crippen MR) is 106 cm³/mol. The van der Waals surface area contributed by atoms with Crippen LogP contribution in [0.3, 0.4) is 0 Å². The molecule has 2 aromatic heterocycles. The molecule has 0 radical (unpaired) electrons. The lowest BCUT2D eigenvalue weighted by Crippen LogP contribution is -2.04. The first-order valence-electron chi connectivity index (χ1n) is 8.09. The molecule has 0 aliphatic heterocycles. The number of rotatable bonds is 5. The van der Waals surface area contributed by atoms with Crippen molar-refractivity contribution in [2.75, 3.05) is 6.61 Å². The fraction of sp³-hybridized carbons (Fsp3) is 0.0952. The Balaban J connectivity index is 1.85. The average Bonchev–Trinajstić information content (AvgIpc) is 3.32. The Labute approximate surface area is 154 Å². The van der Waals surface area contributed by atoms with Crippen LogP contribution in [0.1, 0.15) is 22.2 Å². The molecule has 0 bridgehead atoms. The van der Waals surface area contributed by atoms with E-state index >= 15 is 0 Å². The van der Waals surface area contributed by atoms with Crippen LogP contribution in [-0.2, 0) is 0 Å². The van der Waals surface area contributed by atoms with E-state index in [1.54, 1.807) is 11.3 Å². The van der Waals surface area contributed by atoms with Crippen LogP contribution in [-0.4, -0.2) is 12.4 Å². The molecule has 2 heterocycles. The summed E-state index contributed by atoms with van der Waals surface area (Å²) in [5.41, 5.74) is 2.82. The van der Waals surface area contributed by atoms with Crippen LogP contribution >= 0.6 is 22.7 Å². The predicted octanol–water partition coefficient (Wildman–Crippen LogP) is 6.26. The quantitative estimate of drug-likeness (QED) is 0.391. The van der Waals surface area contributed by atoms with Crippen molar-refractivity contribution in [2.24, 2.45) is 0 Å². The molecule has 0 unspecified atom stereocenters. The third-order valence-electron chi connectivity index (χ3n) is 4.06. The highest BCUT2D eigenvalue weighted by molar-refractivity contribution is 7.17. The molecule has 4 heteroatoms. The molecule has 0 fully saturated rings. The molecule has 0 spiro atoms. The van der Waals surface area contributed by atoms with Gasteiger partial charge in [0.2, 0.25) is 5.78 Å². The van der Waals surface area contributed by atoms with Gasteiger partial charge in [0.1, 0.15) is 5.75 Å². The van der Waals surface area contributed by atoms with Gasteiger partial charge in [0.15, 0.2) is 0 Å². The highest BCUT2D eigenvalue weighted by atomic mass is 32.1. The van der Waals surface area contributed by atoms with Gasteiger partial charge in [0.25, 0.3) is 0 Å². The van der Waals surface area contributed by atoms with Crippen LogP contribution in [0.5, 0.6) is 5.75 Å². The summed E-state index contributed by atoms with van der Waals surface area (Å²) in [5, 5.41) is 5.29. The van der Waals surface area contributed by atoms with Gasteiger partial charge in [0, 0.05) is 15.6 Å². The fourth-order valence-corrected chi connectivity index (χ4v) is 4.55. The molecule has 2 nitrogen and oxygen atoms in total. The number of fused-ring (bicyclic) bond motifs is 1. The van der Waals surface area contributed by atoms with Crippen molar-refractivity contribution in [3.63, 3.8) is 0 Å². The Hall–Kier alpha value is -2.43. The SMILES string of the molecule is CCOc1ccc(-c2csc3ccccc23)cc1C(=O)c1cccs1. The summed E-state index contributed by atoms with van der Waals surface area (Å²) in [6.45, 7) is 2.46. The molecule has 2 aromatic carbocycles. The summed E-state index contributed by atoms with van der Waals surface area (Å²) in [7, 11) is 0. The smallest absolute Gasteiger partial charge is 0.206 e. The van der Waals surface area contributed by atoms with Crippen LogP contribution in [0.4, 0.5) is 0 Å². The normalized spacial score (nSPS) is 10.9. The van der Waals surface area contributed by atoms with Gasteiger partial charge in [-0.3, -0.25) is 4.79 Å². The zero-order valence-corrected chi connectivity index (χ0v) is 15.3. The van der Waals surface area contributed by atoms with E-state index in [4.69, 9.17) is 4.74 Å². The second kappa shape index (κ2) is 6.82. The molecule has 0 aliphatic rings. The number of carbonyl (C=O) groups is 1. The van der Waals surface area contributed by atoms with E-state index in [0.29, 0.717) is 17.9 Å². The third-order valence-corrected chi connectivity index (χ3v) is 5.89. The molecular weight excluding hydrogens is 348 g/mol. The lowest BCUT2D eigenvalue weighted by atomic mass is 9.99. The van der Waals surface area contributed by atoms with Gasteiger partial charge in [-0.1, -0.05) is 30.3 Å². The molecule has 0 atom stereocenters. The second-order valence-corrected chi connectivity index (χ2v) is 7.45. The lowest BCUT2D eigenvalue weighted by molar-refractivity contribution is 0.103. The van der Waals surface area contributed by atoms with E-state index < -0.39 is 0 Å². The fourth-order valence-electron chi connectivity index (χ4n) is 2.90. The molecular formula is C21H16O2S2. The lowest BCUT2D eigenvalue weighted by Gasteiger charge is -2.11. The number of benzene rings is 2. The molecule has 124 valence electrons. The molecule has 0 saturated carbocycles. The van der Waals surface area contributed by atoms with Gasteiger partial charge >= 0.3 is 0 Å². The van der Waals surface area contributed by atoms with Gasteiger partial charge in [-0.15, -0.1) is 22.7 Å². The Morgan fingerprint density at radius 2 is 1.92 bits per heavy atom. The molecule has 0 amide bonds. The van der Waals surface area contributed by atoms with Crippen LogP contribution in [0.2, 0.25) is 0 Å². The Bertz CT molecular complexity index is 1030. The molecule has 4 aromatic rings. The van der Waals surface area contributed by atoms with Crippen molar-refractivity contribution < 1.29 is 9.53 Å². The monoisotopic (exact) mass is 364 g/mol. The highest BCUT2D eigenvalue weighted by Crippen LogP contribution is 2.36. The first kappa shape index (κ1) is 16.1. The van der Waals surface area contributed by atoms with Crippen LogP contribution in [0.25, 0.3) is 21.2 Å². The third kappa shape index (κ3) is 2.99. The zero-order chi connectivity index (χ0) is 17.2. The maximum absolute atomic E-state index is 12.9. The topological polar surface area (TPSA) is 26.3 Å². The summed E-state index contributed by atoms with van der Waals surface area (Å²) in [5.74, 6) is 0.657. The van der Waals surface area contributed by atoms with E-state index in [2.05, 4.69) is 17.5 Å². The first-order valence-corrected chi connectivity index (χ1v) is 9.85. The molecule has 0 aliphatic carbocycles. The Morgan fingerprint density at radius 1 is 1.04 bits per heavy atom. The molecule has 0 saturated heterocycles. The van der Waals surface area contributed by atoms with E-state index in [1.807, 2.05) is 54.8 Å². The number of hydrogen-bond acceptors (Lipinski definition) is 4. The van der Waals surface area contributed by atoms with Gasteiger partial charge in [-0.25, -0.2) is 0 Å². The molecule has 4 rings (SSSR count).